The molecule has 0 N–H and O–H groups in total. The van der Waals surface area contributed by atoms with E-state index in [-0.39, 0.29) is 0 Å². The first-order valence-electron chi connectivity index (χ1n) is 8.04. The molecule has 0 radical (unpaired) electrons. The molecule has 3 aromatic heterocycles. The summed E-state index contributed by atoms with van der Waals surface area (Å²) in [5, 5.41) is 4.27. The lowest BCUT2D eigenvalue weighted by atomic mass is 10.2. The van der Waals surface area contributed by atoms with Gasteiger partial charge in [-0.3, -0.25) is 9.58 Å². The highest BCUT2D eigenvalue weighted by atomic mass is 16.5. The summed E-state index contributed by atoms with van der Waals surface area (Å²) in [6.07, 6.45) is 7.50. The smallest absolute Gasteiger partial charge is 0.217 e. The number of pyridine rings is 1. The molecule has 0 saturated heterocycles. The number of methoxy groups -OCH3 is 1. The quantitative estimate of drug-likeness (QED) is 0.712. The largest absolute Gasteiger partial charge is 0.481 e. The van der Waals surface area contributed by atoms with Crippen LogP contribution in [0.4, 0.5) is 0 Å². The Morgan fingerprint density at radius 2 is 2.08 bits per heavy atom. The van der Waals surface area contributed by atoms with Gasteiger partial charge in [0.15, 0.2) is 0 Å². The van der Waals surface area contributed by atoms with Crippen molar-refractivity contribution in [2.75, 3.05) is 13.7 Å². The molecule has 0 aromatic carbocycles. The highest BCUT2D eigenvalue weighted by Gasteiger charge is 2.21. The minimum absolute atomic E-state index is 0.700. The molecule has 0 saturated carbocycles. The van der Waals surface area contributed by atoms with Crippen molar-refractivity contribution < 1.29 is 4.74 Å². The Labute approximate surface area is 140 Å². The van der Waals surface area contributed by atoms with Gasteiger partial charge in [-0.1, -0.05) is 6.07 Å². The van der Waals surface area contributed by atoms with Crippen LogP contribution in [0.15, 0.2) is 43.0 Å². The average Bonchev–Trinajstić information content (AvgIpc) is 3.26. The van der Waals surface area contributed by atoms with Crippen LogP contribution in [0.1, 0.15) is 17.1 Å². The Balaban J connectivity index is 1.47. The molecule has 1 aliphatic rings. The molecule has 0 fully saturated rings. The molecule has 24 heavy (non-hydrogen) atoms. The van der Waals surface area contributed by atoms with Crippen LogP contribution in [-0.4, -0.2) is 42.9 Å². The fourth-order valence-corrected chi connectivity index (χ4v) is 3.16. The lowest BCUT2D eigenvalue weighted by Gasteiger charge is -2.28. The Kier molecular flexibility index (Phi) is 4.00. The van der Waals surface area contributed by atoms with E-state index in [1.54, 1.807) is 19.5 Å². The van der Waals surface area contributed by atoms with Crippen molar-refractivity contribution in [3.8, 4) is 5.88 Å². The van der Waals surface area contributed by atoms with Crippen LogP contribution >= 0.6 is 0 Å². The molecule has 0 aliphatic carbocycles. The maximum atomic E-state index is 5.35. The molecule has 0 spiro atoms. The van der Waals surface area contributed by atoms with E-state index < -0.39 is 0 Å². The van der Waals surface area contributed by atoms with Gasteiger partial charge < -0.3 is 9.30 Å². The topological polar surface area (TPSA) is 61.0 Å². The molecule has 7 heteroatoms. The van der Waals surface area contributed by atoms with E-state index in [0.717, 1.165) is 44.1 Å². The fraction of sp³-hybridized carbons (Fsp3) is 0.353. The molecular weight excluding hydrogens is 304 g/mol. The van der Waals surface area contributed by atoms with Crippen LogP contribution in [-0.2, 0) is 26.2 Å². The molecular formula is C17H20N6O. The zero-order chi connectivity index (χ0) is 16.4. The molecule has 3 aromatic rings. The lowest BCUT2D eigenvalue weighted by Crippen LogP contribution is -2.34. The summed E-state index contributed by atoms with van der Waals surface area (Å²) in [5.74, 6) is 1.80. The second kappa shape index (κ2) is 6.45. The third kappa shape index (κ3) is 2.90. The minimum atomic E-state index is 0.700. The highest BCUT2D eigenvalue weighted by molar-refractivity contribution is 5.25. The molecule has 0 atom stereocenters. The Morgan fingerprint density at radius 3 is 2.92 bits per heavy atom. The van der Waals surface area contributed by atoms with Gasteiger partial charge in [0.1, 0.15) is 5.82 Å². The normalized spacial score (nSPS) is 14.5. The SMILES string of the molecule is COc1ncccc1CN1CCn2c(Cn3cccn3)cnc2C1. The summed E-state index contributed by atoms with van der Waals surface area (Å²) in [6, 6.07) is 5.96. The van der Waals surface area contributed by atoms with Crippen molar-refractivity contribution in [2.24, 2.45) is 0 Å². The summed E-state index contributed by atoms with van der Waals surface area (Å²) in [5.41, 5.74) is 2.31. The van der Waals surface area contributed by atoms with E-state index in [1.165, 1.54) is 5.69 Å². The Bertz CT molecular complexity index is 810. The van der Waals surface area contributed by atoms with Crippen molar-refractivity contribution >= 4 is 0 Å². The van der Waals surface area contributed by atoms with Gasteiger partial charge in [0.05, 0.1) is 32.1 Å². The number of ether oxygens (including phenoxy) is 1. The summed E-state index contributed by atoms with van der Waals surface area (Å²) >= 11 is 0. The average molecular weight is 324 g/mol. The maximum absolute atomic E-state index is 5.35. The van der Waals surface area contributed by atoms with Crippen LogP contribution in [0.5, 0.6) is 5.88 Å². The predicted molar refractivity (Wildman–Crippen MR) is 88.5 cm³/mol. The zero-order valence-electron chi connectivity index (χ0n) is 13.7. The third-order valence-electron chi connectivity index (χ3n) is 4.35. The van der Waals surface area contributed by atoms with Gasteiger partial charge in [0.2, 0.25) is 5.88 Å². The van der Waals surface area contributed by atoms with Gasteiger partial charge in [-0.05, 0) is 12.1 Å². The Morgan fingerprint density at radius 1 is 1.12 bits per heavy atom. The van der Waals surface area contributed by atoms with Crippen LogP contribution in [0.2, 0.25) is 0 Å². The predicted octanol–water partition coefficient (Wildman–Crippen LogP) is 1.55. The van der Waals surface area contributed by atoms with E-state index in [0.29, 0.717) is 5.88 Å². The number of imidazole rings is 1. The van der Waals surface area contributed by atoms with Crippen molar-refractivity contribution in [1.29, 1.82) is 0 Å². The van der Waals surface area contributed by atoms with E-state index in [9.17, 15) is 0 Å². The lowest BCUT2D eigenvalue weighted by molar-refractivity contribution is 0.203. The number of rotatable bonds is 5. The van der Waals surface area contributed by atoms with Gasteiger partial charge in [0, 0.05) is 43.8 Å². The summed E-state index contributed by atoms with van der Waals surface area (Å²) in [4.78, 5) is 11.3. The van der Waals surface area contributed by atoms with Crippen LogP contribution in [0, 0.1) is 0 Å². The number of aromatic nitrogens is 5. The van der Waals surface area contributed by atoms with Gasteiger partial charge in [-0.25, -0.2) is 9.97 Å². The zero-order valence-corrected chi connectivity index (χ0v) is 13.7. The van der Waals surface area contributed by atoms with Gasteiger partial charge >= 0.3 is 0 Å². The van der Waals surface area contributed by atoms with Crippen molar-refractivity contribution in [3.05, 3.63) is 60.1 Å². The molecule has 1 aliphatic heterocycles. The summed E-state index contributed by atoms with van der Waals surface area (Å²) in [6.45, 7) is 4.33. The molecule has 4 rings (SSSR count). The van der Waals surface area contributed by atoms with Crippen LogP contribution in [0.3, 0.4) is 0 Å². The Hall–Kier alpha value is -2.67. The van der Waals surface area contributed by atoms with E-state index >= 15 is 0 Å². The molecule has 0 amide bonds. The van der Waals surface area contributed by atoms with Crippen molar-refractivity contribution in [3.63, 3.8) is 0 Å². The fourth-order valence-electron chi connectivity index (χ4n) is 3.16. The van der Waals surface area contributed by atoms with E-state index in [2.05, 4.69) is 30.6 Å². The number of fused-ring (bicyclic) bond motifs is 1. The second-order valence-corrected chi connectivity index (χ2v) is 5.90. The van der Waals surface area contributed by atoms with E-state index in [1.807, 2.05) is 29.2 Å². The highest BCUT2D eigenvalue weighted by Crippen LogP contribution is 2.20. The molecule has 0 bridgehead atoms. The maximum Gasteiger partial charge on any atom is 0.217 e. The molecule has 4 heterocycles. The van der Waals surface area contributed by atoms with Crippen LogP contribution < -0.4 is 4.74 Å². The number of hydrogen-bond acceptors (Lipinski definition) is 5. The minimum Gasteiger partial charge on any atom is -0.481 e. The summed E-state index contributed by atoms with van der Waals surface area (Å²) in [7, 11) is 1.66. The van der Waals surface area contributed by atoms with Gasteiger partial charge in [0.25, 0.3) is 0 Å². The summed E-state index contributed by atoms with van der Waals surface area (Å²) < 4.78 is 9.58. The molecule has 124 valence electrons. The number of nitrogens with zero attached hydrogens (tertiary/aromatic N) is 6. The first-order chi connectivity index (χ1) is 11.8. The van der Waals surface area contributed by atoms with E-state index in [4.69, 9.17) is 4.74 Å². The van der Waals surface area contributed by atoms with Crippen molar-refractivity contribution in [2.45, 2.75) is 26.2 Å². The molecule has 7 nitrogen and oxygen atoms in total. The third-order valence-corrected chi connectivity index (χ3v) is 4.35. The first kappa shape index (κ1) is 14.9. The standard InChI is InChI=1S/C17H20N6O/c1-24-17-14(4-2-5-18-17)11-21-8-9-23-15(10-19-16(23)13-21)12-22-7-3-6-20-22/h2-7,10H,8-9,11-13H2,1H3. The van der Waals surface area contributed by atoms with Crippen LogP contribution in [0.25, 0.3) is 0 Å². The van der Waals surface area contributed by atoms with Gasteiger partial charge in [-0.2, -0.15) is 5.10 Å². The first-order valence-corrected chi connectivity index (χ1v) is 8.04. The number of hydrogen-bond donors (Lipinski definition) is 0. The molecule has 0 unspecified atom stereocenters. The van der Waals surface area contributed by atoms with Crippen molar-refractivity contribution in [1.82, 2.24) is 29.2 Å². The second-order valence-electron chi connectivity index (χ2n) is 5.90. The monoisotopic (exact) mass is 324 g/mol. The van der Waals surface area contributed by atoms with Gasteiger partial charge in [-0.15, -0.1) is 0 Å².